The highest BCUT2D eigenvalue weighted by molar-refractivity contribution is 7.95. The minimum atomic E-state index is -3.01. The number of ketones is 2. The Hall–Kier alpha value is -5.85. The van der Waals surface area contributed by atoms with Crippen LogP contribution in [0.15, 0.2) is 102 Å². The second-order valence-electron chi connectivity index (χ2n) is 19.4. The average Bonchev–Trinajstić information content (AvgIpc) is 3.32. The maximum atomic E-state index is 14.3. The summed E-state index contributed by atoms with van der Waals surface area (Å²) in [5, 5.41) is 65.0. The molecule has 0 saturated heterocycles. The summed E-state index contributed by atoms with van der Waals surface area (Å²) in [5.74, 6) is -9.26. The lowest BCUT2D eigenvalue weighted by Gasteiger charge is -2.53. The molecule has 1 saturated carbocycles. The van der Waals surface area contributed by atoms with Crippen LogP contribution in [0.25, 0.3) is 5.76 Å². The Morgan fingerprint density at radius 3 is 1.78 bits per heavy atom. The molecule has 0 heterocycles. The fourth-order valence-corrected chi connectivity index (χ4v) is 15.4. The summed E-state index contributed by atoms with van der Waals surface area (Å²) < 4.78 is 5.53. The first-order chi connectivity index (χ1) is 32.9. The van der Waals surface area contributed by atoms with Crippen LogP contribution >= 0.6 is 7.26 Å². The number of nitrogens with zero attached hydrogens (tertiary/aromatic N) is 1. The Kier molecular flexibility index (Phi) is 15.5. The number of benzene rings is 4. The number of carbonyl (C=O) groups is 4. The predicted molar refractivity (Wildman–Crippen MR) is 271 cm³/mol. The van der Waals surface area contributed by atoms with Gasteiger partial charge in [0, 0.05) is 17.9 Å². The smallest absolute Gasteiger partial charge is 0.255 e. The number of ether oxygens (including phenoxy) is 1. The molecule has 0 bridgehead atoms. The minimum absolute atomic E-state index is 0.00672. The second kappa shape index (κ2) is 21.0. The van der Waals surface area contributed by atoms with Gasteiger partial charge in [0.15, 0.2) is 11.4 Å². The van der Waals surface area contributed by atoms with Gasteiger partial charge in [0.25, 0.3) is 5.91 Å². The molecule has 6 atom stereocenters. The summed E-state index contributed by atoms with van der Waals surface area (Å²) in [6.45, 7) is 5.92. The zero-order chi connectivity index (χ0) is 49.9. The molecule has 7 rings (SSSR count). The number of methoxy groups -OCH3 is 1. The molecule has 366 valence electrons. The van der Waals surface area contributed by atoms with Crippen LogP contribution < -0.4 is 31.7 Å². The number of hydrogen-bond acceptors (Lipinski definition) is 11. The van der Waals surface area contributed by atoms with Crippen molar-refractivity contribution in [1.82, 2.24) is 4.90 Å². The number of nitrogens with one attached hydrogen (secondary N) is 1. The molecule has 4 aromatic rings. The number of fused-ring (bicyclic) bond motifs is 3. The Morgan fingerprint density at radius 2 is 1.28 bits per heavy atom. The molecule has 0 radical (unpaired) electrons. The Balaban J connectivity index is 0.925. The molecular formula is C55H67N3O10P+. The van der Waals surface area contributed by atoms with E-state index in [9.17, 15) is 44.7 Å². The number of aliphatic hydroxyl groups is 4. The quantitative estimate of drug-likeness (QED) is 0.0221. The number of aromatic hydroxyl groups is 1. The van der Waals surface area contributed by atoms with Crippen molar-refractivity contribution in [1.29, 1.82) is 0 Å². The fraction of sp³-hybridized carbons (Fsp3) is 0.418. The zero-order valence-electron chi connectivity index (χ0n) is 40.5. The summed E-state index contributed by atoms with van der Waals surface area (Å²) in [5.41, 5.74) is 3.59. The highest BCUT2D eigenvalue weighted by Crippen LogP contribution is 2.58. The number of amides is 2. The lowest BCUT2D eigenvalue weighted by Crippen LogP contribution is -2.70. The number of anilines is 1. The largest absolute Gasteiger partial charge is 0.508 e. The van der Waals surface area contributed by atoms with Crippen molar-refractivity contribution in [3.05, 3.63) is 124 Å². The number of phenols is 1. The lowest BCUT2D eigenvalue weighted by atomic mass is 9.54. The van der Waals surface area contributed by atoms with Crippen molar-refractivity contribution >= 4 is 58.0 Å². The summed E-state index contributed by atoms with van der Waals surface area (Å²) in [4.78, 5) is 54.6. The van der Waals surface area contributed by atoms with E-state index in [2.05, 4.69) is 92.0 Å². The van der Waals surface area contributed by atoms with Crippen molar-refractivity contribution in [3.63, 3.8) is 0 Å². The molecule has 8 N–H and O–H groups in total. The molecule has 2 amide bonds. The molecule has 13 nitrogen and oxygen atoms in total. The van der Waals surface area contributed by atoms with Gasteiger partial charge in [0.05, 0.1) is 42.6 Å². The van der Waals surface area contributed by atoms with Gasteiger partial charge in [-0.2, -0.15) is 0 Å². The zero-order valence-corrected chi connectivity index (χ0v) is 41.4. The number of Topliss-reactive ketones (excluding diaryl/α,β-unsaturated/α-hetero) is 2. The van der Waals surface area contributed by atoms with Crippen LogP contribution in [0.5, 0.6) is 11.5 Å². The van der Waals surface area contributed by atoms with Gasteiger partial charge in [-0.25, -0.2) is 0 Å². The molecule has 69 heavy (non-hydrogen) atoms. The third kappa shape index (κ3) is 9.46. The molecule has 4 aromatic carbocycles. The van der Waals surface area contributed by atoms with Gasteiger partial charge >= 0.3 is 0 Å². The third-order valence-electron chi connectivity index (χ3n) is 14.8. The molecule has 3 aliphatic carbocycles. The van der Waals surface area contributed by atoms with E-state index in [1.54, 1.807) is 20.1 Å². The van der Waals surface area contributed by atoms with E-state index in [0.717, 1.165) is 63.3 Å². The third-order valence-corrected chi connectivity index (χ3v) is 19.3. The first-order valence-electron chi connectivity index (χ1n) is 24.1. The molecule has 0 spiro atoms. The van der Waals surface area contributed by atoms with Gasteiger partial charge in [-0.1, -0.05) is 86.9 Å². The van der Waals surface area contributed by atoms with Crippen LogP contribution in [0, 0.1) is 25.7 Å². The molecule has 14 heteroatoms. The molecule has 0 aromatic heterocycles. The number of nitrogens with two attached hydrogens (primary N) is 1. The van der Waals surface area contributed by atoms with E-state index in [-0.39, 0.29) is 23.6 Å². The molecule has 0 unspecified atom stereocenters. The van der Waals surface area contributed by atoms with Crippen molar-refractivity contribution < 1.29 is 49.4 Å². The van der Waals surface area contributed by atoms with E-state index >= 15 is 0 Å². The number of unbranched alkanes of at least 4 members (excludes halogenated alkanes) is 8. The minimum Gasteiger partial charge on any atom is -0.508 e. The number of aliphatic hydroxyl groups excluding tert-OH is 3. The summed E-state index contributed by atoms with van der Waals surface area (Å²) >= 11 is 0. The first-order valence-corrected chi connectivity index (χ1v) is 26.0. The maximum Gasteiger partial charge on any atom is 0.255 e. The van der Waals surface area contributed by atoms with Crippen LogP contribution in [0.3, 0.4) is 0 Å². The Bertz CT molecular complexity index is 2600. The number of hydrogen-bond donors (Lipinski definition) is 7. The highest BCUT2D eigenvalue weighted by Gasteiger charge is 2.68. The summed E-state index contributed by atoms with van der Waals surface area (Å²) in [7, 11) is 2.67. The van der Waals surface area contributed by atoms with Crippen molar-refractivity contribution in [2.75, 3.05) is 32.7 Å². The second-order valence-corrected chi connectivity index (χ2v) is 23.0. The van der Waals surface area contributed by atoms with E-state index in [4.69, 9.17) is 10.5 Å². The van der Waals surface area contributed by atoms with Gasteiger partial charge in [-0.05, 0) is 113 Å². The van der Waals surface area contributed by atoms with Crippen molar-refractivity contribution in [2.24, 2.45) is 17.6 Å². The molecular weight excluding hydrogens is 894 g/mol. The first kappa shape index (κ1) is 51.0. The van der Waals surface area contributed by atoms with Gasteiger partial charge in [-0.3, -0.25) is 24.1 Å². The SMILES string of the molecule is COc1ccc([P+](CCCCCCCCCCCC(=O)Nc2ccc3c(c2O)C(O)=C2C(=O)[C@]4(O)C(O)=C(C(N)=O)C(=O)[C@@H](N(C)C)[C@@H]4[C@@H](O)[C@@H]2[C@H]3C)(c2ccc(C)cc2)c2ccc(C)cc2)cc1. The van der Waals surface area contributed by atoms with E-state index in [1.165, 1.54) is 52.1 Å². The highest BCUT2D eigenvalue weighted by atomic mass is 31.2. The molecule has 0 aliphatic heterocycles. The number of likely N-dealkylation sites (N-methyl/N-ethyl adjacent to an activating group) is 1. The van der Waals surface area contributed by atoms with Crippen LogP contribution in [0.2, 0.25) is 0 Å². The number of aryl methyl sites for hydroxylation is 2. The maximum absolute atomic E-state index is 14.3. The van der Waals surface area contributed by atoms with Crippen molar-refractivity contribution in [3.8, 4) is 11.5 Å². The average molecular weight is 961 g/mol. The Labute approximate surface area is 405 Å². The van der Waals surface area contributed by atoms with Gasteiger partial charge in [0.2, 0.25) is 11.7 Å². The number of carbonyl (C=O) groups excluding carboxylic acids is 4. The number of rotatable bonds is 19. The fourth-order valence-electron chi connectivity index (χ4n) is 11.1. The van der Waals surface area contributed by atoms with E-state index < -0.39 is 88.7 Å². The van der Waals surface area contributed by atoms with Crippen molar-refractivity contribution in [2.45, 2.75) is 109 Å². The van der Waals surface area contributed by atoms with Crippen LogP contribution in [-0.4, -0.2) is 98.9 Å². The Morgan fingerprint density at radius 1 is 0.768 bits per heavy atom. The van der Waals surface area contributed by atoms with E-state index in [1.807, 2.05) is 0 Å². The standard InChI is InChI=1S/C55H66N3O10P/c1-32-17-23-36(24-18-32)69(37-25-19-33(2)20-26-37,38-27-21-35(68-6)22-28-38)31-15-13-11-9-7-8-10-12-14-16-41(59)57-40-30-29-39-34(3)42-44(49(61)43(39)48(40)60)52(64)55(67)46(50(42)62)47(58(4)5)51(63)45(53(55)65)54(56)66/h17-30,34,42,46-47,50,62,67H,7-16,31H2,1-6H3,(H5-,56,57,59,60,61,63,64,65,66)/p+1/t34-,42+,46+,47-,50-,55-/m0/s1. The number of phenolic OH excluding ortho intramolecular Hbond substituents is 1. The predicted octanol–water partition coefficient (Wildman–Crippen LogP) is 6.95. The van der Waals surface area contributed by atoms with Gasteiger partial charge < -0.3 is 41.3 Å². The van der Waals surface area contributed by atoms with Crippen LogP contribution in [0.1, 0.15) is 99.3 Å². The molecule has 3 aliphatic rings. The lowest BCUT2D eigenvalue weighted by molar-refractivity contribution is -0.169. The summed E-state index contributed by atoms with van der Waals surface area (Å²) in [6.07, 6.45) is 8.74. The topological polar surface area (TPSA) is 220 Å². The normalized spacial score (nSPS) is 22.3. The van der Waals surface area contributed by atoms with E-state index in [0.29, 0.717) is 12.0 Å². The summed E-state index contributed by atoms with van der Waals surface area (Å²) in [6, 6.07) is 28.5. The van der Waals surface area contributed by atoms with Crippen LogP contribution in [0.4, 0.5) is 5.69 Å². The van der Waals surface area contributed by atoms with Gasteiger partial charge in [-0.15, -0.1) is 0 Å². The molecule has 1 fully saturated rings. The van der Waals surface area contributed by atoms with Crippen LogP contribution in [-0.2, 0) is 19.2 Å². The number of primary amides is 1. The monoisotopic (exact) mass is 960 g/mol. The van der Waals surface area contributed by atoms with Gasteiger partial charge in [0.1, 0.15) is 51.8 Å².